The molecule has 0 radical (unpaired) electrons. The zero-order valence-electron chi connectivity index (χ0n) is 15.8. The number of benzene rings is 3. The van der Waals surface area contributed by atoms with Crippen LogP contribution in [0.5, 0.6) is 17.2 Å². The van der Waals surface area contributed by atoms with E-state index in [-0.39, 0.29) is 17.9 Å². The summed E-state index contributed by atoms with van der Waals surface area (Å²) in [6.07, 6.45) is 0. The maximum absolute atomic E-state index is 13.8. The van der Waals surface area contributed by atoms with Gasteiger partial charge in [0.1, 0.15) is 29.7 Å². The van der Waals surface area contributed by atoms with Gasteiger partial charge in [-0.2, -0.15) is 0 Å². The van der Waals surface area contributed by atoms with E-state index in [0.29, 0.717) is 28.4 Å². The lowest BCUT2D eigenvalue weighted by Crippen LogP contribution is -2.04. The van der Waals surface area contributed by atoms with Gasteiger partial charge in [0.15, 0.2) is 11.6 Å². The molecular weight excluding hydrogens is 394 g/mol. The highest BCUT2D eigenvalue weighted by Gasteiger charge is 2.12. The molecule has 0 fully saturated rings. The number of rotatable bonds is 6. The Kier molecular flexibility index (Phi) is 5.05. The van der Waals surface area contributed by atoms with Crippen LogP contribution in [-0.4, -0.2) is 20.6 Å². The second-order valence-corrected chi connectivity index (χ2v) is 6.54. The first-order valence-corrected chi connectivity index (χ1v) is 8.95. The number of aryl methyl sites for hydroxylation is 1. The molecule has 8 heteroatoms. The van der Waals surface area contributed by atoms with Crippen LogP contribution in [0.2, 0.25) is 0 Å². The number of aromatic nitrogens is 2. The van der Waals surface area contributed by atoms with Gasteiger partial charge in [-0.1, -0.05) is 6.07 Å². The van der Waals surface area contributed by atoms with Gasteiger partial charge in [0.25, 0.3) is 0 Å². The van der Waals surface area contributed by atoms with Crippen LogP contribution in [0.1, 0.15) is 16.2 Å². The Bertz CT molecular complexity index is 1250. The summed E-state index contributed by atoms with van der Waals surface area (Å²) in [5.41, 5.74) is 1.51. The Hall–Kier alpha value is -3.94. The topological polar surface area (TPSA) is 73.6 Å². The number of halogens is 2. The predicted molar refractivity (Wildman–Crippen MR) is 105 cm³/mol. The highest BCUT2D eigenvalue weighted by Crippen LogP contribution is 2.28. The Labute approximate surface area is 169 Å². The molecule has 0 bridgehead atoms. The summed E-state index contributed by atoms with van der Waals surface area (Å²) in [4.78, 5) is 15.6. The van der Waals surface area contributed by atoms with E-state index in [2.05, 4.69) is 4.98 Å². The third-order valence-corrected chi connectivity index (χ3v) is 4.51. The fourth-order valence-corrected chi connectivity index (χ4v) is 2.96. The molecule has 0 spiro atoms. The molecule has 0 saturated carbocycles. The maximum atomic E-state index is 13.8. The van der Waals surface area contributed by atoms with Crippen molar-refractivity contribution >= 4 is 17.0 Å². The number of aromatic carboxylic acids is 1. The van der Waals surface area contributed by atoms with Crippen molar-refractivity contribution in [2.45, 2.75) is 6.61 Å². The highest BCUT2D eigenvalue weighted by molar-refractivity contribution is 5.88. The van der Waals surface area contributed by atoms with E-state index in [1.54, 1.807) is 41.9 Å². The molecule has 6 nitrogen and oxygen atoms in total. The molecule has 0 saturated heterocycles. The molecule has 0 unspecified atom stereocenters. The number of hydrogen-bond acceptors (Lipinski definition) is 4. The lowest BCUT2D eigenvalue weighted by molar-refractivity contribution is 0.0696. The van der Waals surface area contributed by atoms with Gasteiger partial charge in [0.2, 0.25) is 0 Å². The number of carboxylic acid groups (broad SMARTS) is 1. The lowest BCUT2D eigenvalue weighted by Gasteiger charge is -2.08. The van der Waals surface area contributed by atoms with E-state index >= 15 is 0 Å². The largest absolute Gasteiger partial charge is 0.486 e. The van der Waals surface area contributed by atoms with Gasteiger partial charge in [-0.05, 0) is 42.5 Å². The minimum Gasteiger partial charge on any atom is -0.486 e. The van der Waals surface area contributed by atoms with Crippen molar-refractivity contribution in [3.8, 4) is 17.2 Å². The van der Waals surface area contributed by atoms with Crippen LogP contribution in [-0.2, 0) is 13.7 Å². The molecule has 1 N–H and O–H groups in total. The summed E-state index contributed by atoms with van der Waals surface area (Å²) in [5.74, 6) is -1.17. The number of fused-ring (bicyclic) bond motifs is 1. The summed E-state index contributed by atoms with van der Waals surface area (Å²) in [6, 6.07) is 14.2. The molecule has 4 rings (SSSR count). The van der Waals surface area contributed by atoms with Crippen LogP contribution in [0.25, 0.3) is 11.0 Å². The Balaban J connectivity index is 1.56. The maximum Gasteiger partial charge on any atom is 0.335 e. The summed E-state index contributed by atoms with van der Waals surface area (Å²) in [7, 11) is 1.79. The van der Waals surface area contributed by atoms with Crippen LogP contribution in [0.15, 0.2) is 60.7 Å². The number of nitrogens with zero attached hydrogens (tertiary/aromatic N) is 2. The van der Waals surface area contributed by atoms with Gasteiger partial charge in [0.05, 0.1) is 16.6 Å². The van der Waals surface area contributed by atoms with Crippen molar-refractivity contribution in [2.24, 2.45) is 7.05 Å². The molecule has 0 aliphatic carbocycles. The molecular formula is C22H16F2N2O4. The summed E-state index contributed by atoms with van der Waals surface area (Å²) < 4.78 is 40.1. The molecule has 0 amide bonds. The molecule has 3 aromatic carbocycles. The summed E-state index contributed by atoms with van der Waals surface area (Å²) in [5, 5.41) is 9.07. The van der Waals surface area contributed by atoms with Gasteiger partial charge >= 0.3 is 5.97 Å². The molecule has 4 aromatic rings. The van der Waals surface area contributed by atoms with E-state index in [1.165, 1.54) is 12.1 Å². The summed E-state index contributed by atoms with van der Waals surface area (Å²) in [6.45, 7) is 0.114. The molecule has 0 aliphatic rings. The zero-order valence-corrected chi connectivity index (χ0v) is 15.8. The monoisotopic (exact) mass is 410 g/mol. The van der Waals surface area contributed by atoms with E-state index in [0.717, 1.165) is 18.2 Å². The van der Waals surface area contributed by atoms with Crippen molar-refractivity contribution < 1.29 is 28.2 Å². The first-order valence-electron chi connectivity index (χ1n) is 8.95. The molecule has 1 aromatic heterocycles. The first kappa shape index (κ1) is 19.4. The molecule has 1 heterocycles. The van der Waals surface area contributed by atoms with Crippen LogP contribution < -0.4 is 9.47 Å². The number of imidazole rings is 1. The van der Waals surface area contributed by atoms with E-state index in [1.807, 2.05) is 0 Å². The Morgan fingerprint density at radius 2 is 1.90 bits per heavy atom. The number of ether oxygens (including phenoxy) is 2. The Morgan fingerprint density at radius 1 is 1.07 bits per heavy atom. The zero-order chi connectivity index (χ0) is 21.3. The normalized spacial score (nSPS) is 10.9. The molecule has 0 aliphatic heterocycles. The first-order chi connectivity index (χ1) is 14.4. The molecule has 0 atom stereocenters. The van der Waals surface area contributed by atoms with Crippen LogP contribution in [0.3, 0.4) is 0 Å². The van der Waals surface area contributed by atoms with Gasteiger partial charge in [-0.25, -0.2) is 18.6 Å². The fourth-order valence-electron chi connectivity index (χ4n) is 2.96. The van der Waals surface area contributed by atoms with Gasteiger partial charge < -0.3 is 19.1 Å². The van der Waals surface area contributed by atoms with Gasteiger partial charge in [0, 0.05) is 19.2 Å². The van der Waals surface area contributed by atoms with Crippen LogP contribution in [0.4, 0.5) is 8.78 Å². The van der Waals surface area contributed by atoms with Crippen LogP contribution in [0, 0.1) is 11.6 Å². The van der Waals surface area contributed by atoms with Gasteiger partial charge in [-0.15, -0.1) is 0 Å². The average molecular weight is 410 g/mol. The van der Waals surface area contributed by atoms with Crippen molar-refractivity contribution in [2.75, 3.05) is 0 Å². The van der Waals surface area contributed by atoms with Crippen LogP contribution >= 0.6 is 0 Å². The third kappa shape index (κ3) is 3.93. The highest BCUT2D eigenvalue weighted by atomic mass is 19.1. The minimum atomic E-state index is -1.04. The van der Waals surface area contributed by atoms with E-state index in [9.17, 15) is 13.6 Å². The van der Waals surface area contributed by atoms with Crippen molar-refractivity contribution in [1.29, 1.82) is 0 Å². The smallest absolute Gasteiger partial charge is 0.335 e. The van der Waals surface area contributed by atoms with Crippen molar-refractivity contribution in [1.82, 2.24) is 9.55 Å². The quantitative estimate of drug-likeness (QED) is 0.488. The number of hydrogen-bond donors (Lipinski definition) is 1. The predicted octanol–water partition coefficient (Wildman–Crippen LogP) is 4.92. The van der Waals surface area contributed by atoms with E-state index < -0.39 is 17.6 Å². The fraction of sp³-hybridized carbons (Fsp3) is 0.0909. The Morgan fingerprint density at radius 3 is 2.70 bits per heavy atom. The van der Waals surface area contributed by atoms with E-state index in [4.69, 9.17) is 14.6 Å². The standard InChI is InChI=1S/C22H16F2N2O4/c1-26-19-11-16(30-20-10-14(23)5-7-17(20)24)6-8-18(19)25-21(26)12-29-15-4-2-3-13(9-15)22(27)28/h2-11H,12H2,1H3,(H,27,28). The second-order valence-electron chi connectivity index (χ2n) is 6.54. The molecule has 30 heavy (non-hydrogen) atoms. The van der Waals surface area contributed by atoms with Crippen molar-refractivity contribution in [3.63, 3.8) is 0 Å². The SMILES string of the molecule is Cn1c(COc2cccc(C(=O)O)c2)nc2ccc(Oc3cc(F)ccc3F)cc21. The second kappa shape index (κ2) is 7.82. The minimum absolute atomic E-state index is 0.114. The summed E-state index contributed by atoms with van der Waals surface area (Å²) >= 11 is 0. The number of carboxylic acids is 1. The van der Waals surface area contributed by atoms with Crippen molar-refractivity contribution in [3.05, 3.63) is 83.7 Å². The number of carbonyl (C=O) groups is 1. The molecule has 152 valence electrons. The average Bonchev–Trinajstić information content (AvgIpc) is 3.05. The third-order valence-electron chi connectivity index (χ3n) is 4.51. The van der Waals surface area contributed by atoms with Gasteiger partial charge in [-0.3, -0.25) is 0 Å². The lowest BCUT2D eigenvalue weighted by atomic mass is 10.2.